The molecule has 0 aliphatic rings. The van der Waals surface area contributed by atoms with Crippen LogP contribution in [-0.4, -0.2) is 34.7 Å². The maximum Gasteiger partial charge on any atom is 0.320 e. The Bertz CT molecular complexity index is 409. The Balaban J connectivity index is 0.000000400. The largest absolute Gasteiger partial charge is 0.481 e. The minimum absolute atomic E-state index is 0.278. The minimum atomic E-state index is -0.959. The molecule has 0 aliphatic carbocycles. The van der Waals surface area contributed by atoms with Crippen LogP contribution in [0.25, 0.3) is 0 Å². The first kappa shape index (κ1) is 19.1. The number of hydrogen-bond donors (Lipinski definition) is 4. The van der Waals surface area contributed by atoms with Crippen molar-refractivity contribution in [3.63, 3.8) is 0 Å². The molecule has 0 aromatic heterocycles. The molecule has 0 saturated heterocycles. The van der Waals surface area contributed by atoms with E-state index in [0.717, 1.165) is 24.8 Å². The number of unbranched alkanes of at least 4 members (excludes halogenated alkanes) is 2. The normalized spacial score (nSPS) is 11.1. The van der Waals surface area contributed by atoms with E-state index in [9.17, 15) is 9.59 Å². The number of carboxylic acid groups (broad SMARTS) is 2. The van der Waals surface area contributed by atoms with Crippen LogP contribution in [0.15, 0.2) is 30.3 Å². The molecule has 118 valence electrons. The molecule has 0 aliphatic heterocycles. The number of benzene rings is 1. The highest BCUT2D eigenvalue weighted by Crippen LogP contribution is 2.01. The van der Waals surface area contributed by atoms with E-state index in [1.54, 1.807) is 0 Å². The fourth-order valence-corrected chi connectivity index (χ4v) is 1.55. The molecule has 0 bridgehead atoms. The molecule has 0 saturated carbocycles. The predicted molar refractivity (Wildman–Crippen MR) is 80.9 cm³/mol. The Morgan fingerprint density at radius 2 is 1.67 bits per heavy atom. The Labute approximate surface area is 124 Å². The zero-order valence-electron chi connectivity index (χ0n) is 12.1. The number of rotatable bonds is 8. The van der Waals surface area contributed by atoms with E-state index < -0.39 is 18.0 Å². The maximum atomic E-state index is 10.4. The van der Waals surface area contributed by atoms with Crippen molar-refractivity contribution in [3.8, 4) is 0 Å². The van der Waals surface area contributed by atoms with Crippen molar-refractivity contribution in [2.75, 3.05) is 6.54 Å². The molecule has 0 fully saturated rings. The highest BCUT2D eigenvalue weighted by molar-refractivity contribution is 5.73. The second-order valence-corrected chi connectivity index (χ2v) is 4.63. The van der Waals surface area contributed by atoms with Gasteiger partial charge in [-0.3, -0.25) is 9.59 Å². The number of hydrogen-bond acceptors (Lipinski definition) is 4. The van der Waals surface area contributed by atoms with Crippen LogP contribution in [0, 0.1) is 0 Å². The number of carbonyl (C=O) groups is 2. The summed E-state index contributed by atoms with van der Waals surface area (Å²) in [4.78, 5) is 20.3. The van der Waals surface area contributed by atoms with E-state index in [-0.39, 0.29) is 6.42 Å². The standard InChI is InChI=1S/C9H11NO2.C6H13NO2/c10-8(9(11)12)6-7-4-2-1-3-5-7;7-5-3-1-2-4-6(8)9/h1-5,8H,6,10H2,(H,11,12);1-5,7H2,(H,8,9)/t8-;/m0./s1. The van der Waals surface area contributed by atoms with E-state index in [0.29, 0.717) is 13.0 Å². The Kier molecular flexibility index (Phi) is 10.8. The van der Waals surface area contributed by atoms with Crippen molar-refractivity contribution >= 4 is 11.9 Å². The monoisotopic (exact) mass is 296 g/mol. The third kappa shape index (κ3) is 11.6. The van der Waals surface area contributed by atoms with Crippen molar-refractivity contribution in [2.24, 2.45) is 11.5 Å². The van der Waals surface area contributed by atoms with E-state index >= 15 is 0 Å². The van der Waals surface area contributed by atoms with Gasteiger partial charge >= 0.3 is 11.9 Å². The lowest BCUT2D eigenvalue weighted by molar-refractivity contribution is -0.139. The Morgan fingerprint density at radius 1 is 1.05 bits per heavy atom. The summed E-state index contributed by atoms with van der Waals surface area (Å²) < 4.78 is 0. The van der Waals surface area contributed by atoms with E-state index in [1.807, 2.05) is 30.3 Å². The van der Waals surface area contributed by atoms with Crippen LogP contribution in [0.1, 0.15) is 31.2 Å². The summed E-state index contributed by atoms with van der Waals surface area (Å²) in [5, 5.41) is 16.7. The predicted octanol–water partition coefficient (Wildman–Crippen LogP) is 1.23. The second kappa shape index (κ2) is 11.9. The van der Waals surface area contributed by atoms with Crippen molar-refractivity contribution in [1.29, 1.82) is 0 Å². The third-order valence-electron chi connectivity index (χ3n) is 2.71. The van der Waals surface area contributed by atoms with Gasteiger partial charge in [-0.1, -0.05) is 36.8 Å². The summed E-state index contributed by atoms with van der Waals surface area (Å²) in [7, 11) is 0. The third-order valence-corrected chi connectivity index (χ3v) is 2.71. The van der Waals surface area contributed by atoms with Crippen LogP contribution in [-0.2, 0) is 16.0 Å². The minimum Gasteiger partial charge on any atom is -0.481 e. The molecule has 0 spiro atoms. The summed E-state index contributed by atoms with van der Waals surface area (Å²) in [5.41, 5.74) is 11.5. The van der Waals surface area contributed by atoms with Crippen LogP contribution in [0.3, 0.4) is 0 Å². The van der Waals surface area contributed by atoms with Gasteiger partial charge in [-0.2, -0.15) is 0 Å². The summed E-state index contributed by atoms with van der Waals surface area (Å²) in [6.07, 6.45) is 3.29. The Hall–Kier alpha value is -1.92. The van der Waals surface area contributed by atoms with Gasteiger partial charge in [0.15, 0.2) is 0 Å². The first-order valence-corrected chi connectivity index (χ1v) is 6.91. The summed E-state index contributed by atoms with van der Waals surface area (Å²) in [6, 6.07) is 8.54. The molecule has 1 atom stereocenters. The highest BCUT2D eigenvalue weighted by Gasteiger charge is 2.10. The van der Waals surface area contributed by atoms with Gasteiger partial charge in [0.05, 0.1) is 0 Å². The molecule has 6 nitrogen and oxygen atoms in total. The SMILES string of the molecule is NCCCCCC(=O)O.N[C@@H](Cc1ccccc1)C(=O)O. The van der Waals surface area contributed by atoms with Crippen LogP contribution >= 0.6 is 0 Å². The molecule has 0 unspecified atom stereocenters. The van der Waals surface area contributed by atoms with Crippen LogP contribution in [0.2, 0.25) is 0 Å². The highest BCUT2D eigenvalue weighted by atomic mass is 16.4. The van der Waals surface area contributed by atoms with Crippen molar-refractivity contribution in [1.82, 2.24) is 0 Å². The van der Waals surface area contributed by atoms with E-state index in [1.165, 1.54) is 0 Å². The first-order valence-electron chi connectivity index (χ1n) is 6.91. The lowest BCUT2D eigenvalue weighted by Gasteiger charge is -2.04. The lowest BCUT2D eigenvalue weighted by Crippen LogP contribution is -2.32. The summed E-state index contributed by atoms with van der Waals surface area (Å²) >= 11 is 0. The topological polar surface area (TPSA) is 127 Å². The van der Waals surface area contributed by atoms with Gasteiger partial charge in [0.2, 0.25) is 0 Å². The molecule has 0 heterocycles. The fourth-order valence-electron chi connectivity index (χ4n) is 1.55. The molecule has 1 aromatic rings. The van der Waals surface area contributed by atoms with Crippen LogP contribution < -0.4 is 11.5 Å². The van der Waals surface area contributed by atoms with Gasteiger partial charge in [0.25, 0.3) is 0 Å². The number of carboxylic acids is 2. The Morgan fingerprint density at radius 3 is 2.14 bits per heavy atom. The fraction of sp³-hybridized carbons (Fsp3) is 0.467. The van der Waals surface area contributed by atoms with Crippen molar-refractivity contribution in [3.05, 3.63) is 35.9 Å². The van der Waals surface area contributed by atoms with E-state index in [2.05, 4.69) is 0 Å². The second-order valence-electron chi connectivity index (χ2n) is 4.63. The smallest absolute Gasteiger partial charge is 0.320 e. The van der Waals surface area contributed by atoms with Gasteiger partial charge in [-0.05, 0) is 31.4 Å². The summed E-state index contributed by atoms with van der Waals surface area (Å²) in [6.45, 7) is 0.666. The lowest BCUT2D eigenvalue weighted by atomic mass is 10.1. The van der Waals surface area contributed by atoms with Crippen LogP contribution in [0.4, 0.5) is 0 Å². The number of aliphatic carboxylic acids is 2. The average Bonchev–Trinajstić information content (AvgIpc) is 2.45. The molecular weight excluding hydrogens is 272 g/mol. The molecule has 21 heavy (non-hydrogen) atoms. The van der Waals surface area contributed by atoms with Crippen molar-refractivity contribution < 1.29 is 19.8 Å². The molecule has 1 aromatic carbocycles. The quantitative estimate of drug-likeness (QED) is 0.534. The van der Waals surface area contributed by atoms with Gasteiger partial charge in [-0.15, -0.1) is 0 Å². The zero-order valence-corrected chi connectivity index (χ0v) is 12.1. The molecule has 0 radical (unpaired) electrons. The van der Waals surface area contributed by atoms with Gasteiger partial charge in [0, 0.05) is 6.42 Å². The maximum absolute atomic E-state index is 10.4. The molecule has 0 amide bonds. The molecular formula is C15H24N2O4. The van der Waals surface area contributed by atoms with E-state index in [4.69, 9.17) is 21.7 Å². The van der Waals surface area contributed by atoms with Gasteiger partial charge in [-0.25, -0.2) is 0 Å². The van der Waals surface area contributed by atoms with Gasteiger partial charge in [0.1, 0.15) is 6.04 Å². The van der Waals surface area contributed by atoms with Crippen molar-refractivity contribution in [2.45, 2.75) is 38.1 Å². The summed E-state index contributed by atoms with van der Waals surface area (Å²) in [5.74, 6) is -1.68. The average molecular weight is 296 g/mol. The number of nitrogens with two attached hydrogens (primary N) is 2. The molecule has 1 rings (SSSR count). The molecule has 6 heteroatoms. The first-order chi connectivity index (χ1) is 9.97. The zero-order chi connectivity index (χ0) is 16.1. The van der Waals surface area contributed by atoms with Crippen LogP contribution in [0.5, 0.6) is 0 Å². The molecule has 6 N–H and O–H groups in total. The van der Waals surface area contributed by atoms with Gasteiger partial charge < -0.3 is 21.7 Å².